The SMILES string of the molecule is O=C1C(n2c(=O)sc3ccccc32)c2ccccc2C1C1(c2cccc3[nH]c(O)c(C4OC5C=CC=CC5C4c4nc5ccccc5[nH]4)c23)Cc2ccccc2N1. The van der Waals surface area contributed by atoms with Gasteiger partial charge in [0.05, 0.1) is 56.4 Å². The highest BCUT2D eigenvalue weighted by Crippen LogP contribution is 2.59. The summed E-state index contributed by atoms with van der Waals surface area (Å²) in [6.45, 7) is 0. The number of Topliss-reactive ketones (excluding diaryl/α,β-unsaturated/α-hetero) is 1. The first-order valence-corrected chi connectivity index (χ1v) is 20.2. The molecule has 12 rings (SSSR count). The molecule has 2 aliphatic carbocycles. The van der Waals surface area contributed by atoms with E-state index in [9.17, 15) is 9.90 Å². The molecule has 4 aliphatic rings. The minimum absolute atomic E-state index is 0.0214. The zero-order chi connectivity index (χ0) is 38.0. The molecular weight excluding hydrogens is 731 g/mol. The van der Waals surface area contributed by atoms with Crippen molar-refractivity contribution < 1.29 is 14.6 Å². The molecule has 1 saturated heterocycles. The van der Waals surface area contributed by atoms with E-state index in [1.165, 1.54) is 11.3 Å². The number of carbonyl (C=O) groups excluding carboxylic acids is 1. The van der Waals surface area contributed by atoms with Gasteiger partial charge in [-0.05, 0) is 58.7 Å². The van der Waals surface area contributed by atoms with E-state index in [2.05, 4.69) is 51.7 Å². The first kappa shape index (κ1) is 32.7. The Morgan fingerprint density at radius 2 is 1.58 bits per heavy atom. The Labute approximate surface area is 330 Å². The van der Waals surface area contributed by atoms with Crippen molar-refractivity contribution in [2.45, 2.75) is 42.0 Å². The Morgan fingerprint density at radius 3 is 2.47 bits per heavy atom. The van der Waals surface area contributed by atoms with E-state index in [0.29, 0.717) is 12.0 Å². The fourth-order valence-corrected chi connectivity index (χ4v) is 11.4. The highest BCUT2D eigenvalue weighted by atomic mass is 32.1. The number of allylic oxidation sites excluding steroid dienone is 2. The van der Waals surface area contributed by atoms with Gasteiger partial charge in [-0.15, -0.1) is 0 Å². The summed E-state index contributed by atoms with van der Waals surface area (Å²) >= 11 is 1.17. The zero-order valence-corrected chi connectivity index (χ0v) is 31.2. The summed E-state index contributed by atoms with van der Waals surface area (Å²) in [4.78, 5) is 41.3. The van der Waals surface area contributed by atoms with Crippen molar-refractivity contribution in [3.05, 3.63) is 183 Å². The number of thiazole rings is 1. The summed E-state index contributed by atoms with van der Waals surface area (Å²) < 4.78 is 9.53. The van der Waals surface area contributed by atoms with Gasteiger partial charge in [-0.25, -0.2) is 4.98 Å². The lowest BCUT2D eigenvalue weighted by Gasteiger charge is -2.38. The third-order valence-corrected chi connectivity index (χ3v) is 13.7. The third kappa shape index (κ3) is 4.56. The number of aromatic hydroxyl groups is 1. The van der Waals surface area contributed by atoms with E-state index in [-0.39, 0.29) is 34.5 Å². The lowest BCUT2D eigenvalue weighted by Crippen LogP contribution is -2.43. The van der Waals surface area contributed by atoms with Gasteiger partial charge in [-0.2, -0.15) is 0 Å². The number of anilines is 1. The topological polar surface area (TPSA) is 125 Å². The van der Waals surface area contributed by atoms with Crippen molar-refractivity contribution >= 4 is 55.0 Å². The van der Waals surface area contributed by atoms with E-state index in [0.717, 1.165) is 65.9 Å². The minimum Gasteiger partial charge on any atom is -0.494 e. The first-order valence-electron chi connectivity index (χ1n) is 19.4. The number of ether oxygens (including phenoxy) is 1. The molecule has 5 heterocycles. The Balaban J connectivity index is 1.09. The number of H-pyrrole nitrogens is 2. The van der Waals surface area contributed by atoms with E-state index in [1.54, 1.807) is 4.57 Å². The van der Waals surface area contributed by atoms with E-state index in [4.69, 9.17) is 9.72 Å². The number of hydrogen-bond acceptors (Lipinski definition) is 7. The molecule has 0 spiro atoms. The fourth-order valence-electron chi connectivity index (χ4n) is 10.5. The molecule has 0 bridgehead atoms. The molecule has 0 amide bonds. The van der Waals surface area contributed by atoms with Gasteiger partial charge >= 0.3 is 4.87 Å². The van der Waals surface area contributed by atoms with Crippen LogP contribution in [-0.2, 0) is 21.5 Å². The largest absolute Gasteiger partial charge is 0.494 e. The van der Waals surface area contributed by atoms with Gasteiger partial charge in [0.2, 0.25) is 0 Å². The van der Waals surface area contributed by atoms with Crippen molar-refractivity contribution in [3.63, 3.8) is 0 Å². The van der Waals surface area contributed by atoms with Gasteiger partial charge in [0.25, 0.3) is 0 Å². The second-order valence-corrected chi connectivity index (χ2v) is 16.6. The first-order chi connectivity index (χ1) is 28.0. The average molecular weight is 766 g/mol. The van der Waals surface area contributed by atoms with Gasteiger partial charge < -0.3 is 25.1 Å². The quantitative estimate of drug-likeness (QED) is 0.139. The maximum atomic E-state index is 15.6. The summed E-state index contributed by atoms with van der Waals surface area (Å²) in [6.07, 6.45) is 7.98. The number of imidazole rings is 1. The van der Waals surface area contributed by atoms with Crippen LogP contribution in [0.2, 0.25) is 0 Å². The second-order valence-electron chi connectivity index (χ2n) is 15.7. The number of aromatic nitrogens is 4. The van der Waals surface area contributed by atoms with Crippen molar-refractivity contribution in [3.8, 4) is 5.88 Å². The molecule has 7 unspecified atom stereocenters. The summed E-state index contributed by atoms with van der Waals surface area (Å²) in [5.74, 6) is -0.244. The van der Waals surface area contributed by atoms with E-state index < -0.39 is 23.6 Å². The molecule has 0 radical (unpaired) electrons. The number of nitrogens with zero attached hydrogens (tertiary/aromatic N) is 2. The maximum Gasteiger partial charge on any atom is 0.309 e. The molecule has 2 aliphatic heterocycles. The number of ketones is 1. The number of aromatic amines is 2. The zero-order valence-electron chi connectivity index (χ0n) is 30.4. The van der Waals surface area contributed by atoms with Crippen LogP contribution in [0.4, 0.5) is 5.69 Å². The molecule has 9 nitrogen and oxygen atoms in total. The van der Waals surface area contributed by atoms with Crippen LogP contribution in [0.25, 0.3) is 32.2 Å². The lowest BCUT2D eigenvalue weighted by atomic mass is 9.71. The number of benzene rings is 5. The molecular formula is C47H35N5O4S. The predicted octanol–water partition coefficient (Wildman–Crippen LogP) is 8.91. The van der Waals surface area contributed by atoms with Crippen molar-refractivity contribution in [2.24, 2.45) is 5.92 Å². The Hall–Kier alpha value is -6.49. The predicted molar refractivity (Wildman–Crippen MR) is 222 cm³/mol. The molecule has 10 heteroatoms. The van der Waals surface area contributed by atoms with Gasteiger partial charge in [-0.3, -0.25) is 14.2 Å². The molecule has 8 aromatic rings. The minimum atomic E-state index is -1.01. The van der Waals surface area contributed by atoms with Crippen LogP contribution < -0.4 is 10.2 Å². The highest BCUT2D eigenvalue weighted by Gasteiger charge is 2.57. The molecule has 7 atom stereocenters. The number of para-hydroxylation sites is 4. The Bertz CT molecular complexity index is 3040. The van der Waals surface area contributed by atoms with Crippen LogP contribution >= 0.6 is 11.3 Å². The monoisotopic (exact) mass is 765 g/mol. The van der Waals surface area contributed by atoms with Crippen LogP contribution in [0.15, 0.2) is 144 Å². The molecule has 57 heavy (non-hydrogen) atoms. The van der Waals surface area contributed by atoms with Crippen molar-refractivity contribution in [1.29, 1.82) is 0 Å². The second kappa shape index (κ2) is 12.0. The van der Waals surface area contributed by atoms with Crippen LogP contribution in [0.1, 0.15) is 57.6 Å². The van der Waals surface area contributed by atoms with Crippen LogP contribution in [0, 0.1) is 5.92 Å². The molecule has 278 valence electrons. The van der Waals surface area contributed by atoms with Gasteiger partial charge in [-0.1, -0.05) is 115 Å². The molecule has 1 fully saturated rings. The van der Waals surface area contributed by atoms with Crippen molar-refractivity contribution in [2.75, 3.05) is 5.32 Å². The van der Waals surface area contributed by atoms with Gasteiger partial charge in [0.15, 0.2) is 11.7 Å². The number of fused-ring (bicyclic) bond motifs is 6. The molecule has 5 aromatic carbocycles. The fraction of sp³-hybridized carbons (Fsp3) is 0.170. The Kier molecular flexibility index (Phi) is 6.89. The summed E-state index contributed by atoms with van der Waals surface area (Å²) in [5.41, 5.74) is 7.52. The molecule has 4 N–H and O–H groups in total. The lowest BCUT2D eigenvalue weighted by molar-refractivity contribution is -0.122. The maximum absolute atomic E-state index is 15.6. The number of rotatable bonds is 5. The number of nitrogens with one attached hydrogen (secondary N) is 3. The standard InChI is InChI=1S/C47H35N5O4S/c53-42-40(26-13-2-3-14-27(26)41(42)52-34-21-8-10-23-36(34)57-46(52)55)47(24-25-12-1-5-17-30(25)51-47)29-16-11-20-33-38(29)39(45(54)50-33)43-37(28-15-4-9-22-35(28)56-43)44-48-31-18-6-7-19-32(31)49-44/h1-23,28,35,37,40-41,43,50-51,54H,24H2,(H,48,49). The Morgan fingerprint density at radius 1 is 0.807 bits per heavy atom. The third-order valence-electron chi connectivity index (χ3n) is 12.8. The van der Waals surface area contributed by atoms with E-state index >= 15 is 4.79 Å². The van der Waals surface area contributed by atoms with Crippen LogP contribution in [0.3, 0.4) is 0 Å². The molecule has 3 aromatic heterocycles. The number of carbonyl (C=O) groups is 1. The molecule has 0 saturated carbocycles. The average Bonchev–Trinajstić information content (AvgIpc) is 4.07. The summed E-state index contributed by atoms with van der Waals surface area (Å²) in [5, 5.41) is 16.9. The van der Waals surface area contributed by atoms with Gasteiger partial charge in [0, 0.05) is 28.9 Å². The van der Waals surface area contributed by atoms with Crippen LogP contribution in [0.5, 0.6) is 5.88 Å². The summed E-state index contributed by atoms with van der Waals surface area (Å²) in [7, 11) is 0. The van der Waals surface area contributed by atoms with Crippen LogP contribution in [-0.4, -0.2) is 36.5 Å². The van der Waals surface area contributed by atoms with Crippen molar-refractivity contribution in [1.82, 2.24) is 19.5 Å². The normalized spacial score (nSPS) is 26.0. The highest BCUT2D eigenvalue weighted by molar-refractivity contribution is 7.16. The number of hydrogen-bond donors (Lipinski definition) is 4. The van der Waals surface area contributed by atoms with E-state index in [1.807, 2.05) is 103 Å². The van der Waals surface area contributed by atoms with Gasteiger partial charge in [0.1, 0.15) is 11.9 Å². The smallest absolute Gasteiger partial charge is 0.309 e. The summed E-state index contributed by atoms with van der Waals surface area (Å²) in [6, 6.07) is 37.1.